The Morgan fingerprint density at radius 2 is 1.73 bits per heavy atom. The monoisotopic (exact) mass is 368 g/mol. The quantitative estimate of drug-likeness (QED) is 0.496. The van der Waals surface area contributed by atoms with E-state index in [4.69, 9.17) is 14.2 Å². The van der Waals surface area contributed by atoms with Crippen molar-refractivity contribution in [1.29, 1.82) is 0 Å². The minimum absolute atomic E-state index is 0.0733. The number of anilines is 2. The molecule has 0 aromatic heterocycles. The van der Waals surface area contributed by atoms with Crippen molar-refractivity contribution in [2.75, 3.05) is 36.5 Å². The lowest BCUT2D eigenvalue weighted by molar-refractivity contribution is -0.222. The Morgan fingerprint density at radius 1 is 1.12 bits per heavy atom. The third kappa shape index (κ3) is 3.77. The number of hydrogen-bond acceptors (Lipinski definition) is 7. The van der Waals surface area contributed by atoms with Crippen LogP contribution in [0.4, 0.5) is 20.2 Å². The van der Waals surface area contributed by atoms with Gasteiger partial charge < -0.3 is 24.4 Å². The van der Waals surface area contributed by atoms with E-state index >= 15 is 0 Å². The Hall–Kier alpha value is -2.68. The van der Waals surface area contributed by atoms with Crippen molar-refractivity contribution >= 4 is 23.3 Å². The molecule has 26 heavy (non-hydrogen) atoms. The van der Waals surface area contributed by atoms with Gasteiger partial charge in [0.1, 0.15) is 5.82 Å². The van der Waals surface area contributed by atoms with Crippen molar-refractivity contribution < 1.29 is 32.6 Å². The summed E-state index contributed by atoms with van der Waals surface area (Å²) < 4.78 is 43.7. The van der Waals surface area contributed by atoms with Gasteiger partial charge in [-0.15, -0.1) is 0 Å². The SMILES string of the molecule is CC1(C)OC(=O)C(=CNc2cc(F)cc(N3CCOCC3)c2F)C(=O)O1. The van der Waals surface area contributed by atoms with Gasteiger partial charge in [0.05, 0.1) is 24.6 Å². The van der Waals surface area contributed by atoms with Gasteiger partial charge >= 0.3 is 11.9 Å². The normalized spacial score (nSPS) is 19.7. The molecule has 3 rings (SSSR count). The first-order valence-electron chi connectivity index (χ1n) is 8.02. The average Bonchev–Trinajstić information content (AvgIpc) is 2.56. The molecule has 2 fully saturated rings. The highest BCUT2D eigenvalue weighted by atomic mass is 19.1. The van der Waals surface area contributed by atoms with Gasteiger partial charge in [0.15, 0.2) is 11.4 Å². The van der Waals surface area contributed by atoms with Gasteiger partial charge in [-0.3, -0.25) is 0 Å². The average molecular weight is 368 g/mol. The van der Waals surface area contributed by atoms with Crippen LogP contribution in [0.2, 0.25) is 0 Å². The highest BCUT2D eigenvalue weighted by Crippen LogP contribution is 2.29. The maximum absolute atomic E-state index is 14.7. The highest BCUT2D eigenvalue weighted by molar-refractivity contribution is 6.15. The molecule has 9 heteroatoms. The van der Waals surface area contributed by atoms with E-state index in [0.717, 1.165) is 18.3 Å². The summed E-state index contributed by atoms with van der Waals surface area (Å²) in [4.78, 5) is 25.4. The van der Waals surface area contributed by atoms with Crippen molar-refractivity contribution in [2.45, 2.75) is 19.6 Å². The lowest BCUT2D eigenvalue weighted by atomic mass is 10.2. The molecule has 0 unspecified atom stereocenters. The molecule has 1 aromatic rings. The molecular formula is C17H18F2N2O5. The molecule has 0 aliphatic carbocycles. The summed E-state index contributed by atoms with van der Waals surface area (Å²) in [6.07, 6.45) is 0.945. The molecule has 0 bridgehead atoms. The van der Waals surface area contributed by atoms with Gasteiger partial charge in [-0.1, -0.05) is 0 Å². The number of esters is 2. The Labute approximate surface area is 148 Å². The van der Waals surface area contributed by atoms with Crippen LogP contribution in [-0.2, 0) is 23.8 Å². The zero-order valence-corrected chi connectivity index (χ0v) is 14.3. The second-order valence-corrected chi connectivity index (χ2v) is 6.27. The van der Waals surface area contributed by atoms with Crippen LogP contribution in [0.5, 0.6) is 0 Å². The van der Waals surface area contributed by atoms with Crippen LogP contribution >= 0.6 is 0 Å². The Bertz CT molecular complexity index is 751. The van der Waals surface area contributed by atoms with Gasteiger partial charge in [-0.05, 0) is 0 Å². The van der Waals surface area contributed by atoms with Crippen LogP contribution in [-0.4, -0.2) is 44.0 Å². The number of nitrogens with zero attached hydrogens (tertiary/aromatic N) is 1. The molecule has 0 spiro atoms. The first-order valence-corrected chi connectivity index (χ1v) is 8.02. The molecule has 7 nitrogen and oxygen atoms in total. The number of ether oxygens (including phenoxy) is 3. The van der Waals surface area contributed by atoms with Gasteiger partial charge in [0.2, 0.25) is 0 Å². The fourth-order valence-corrected chi connectivity index (χ4v) is 2.64. The molecule has 0 amide bonds. The molecule has 2 aliphatic rings. The largest absolute Gasteiger partial charge is 0.419 e. The third-order valence-corrected chi connectivity index (χ3v) is 3.86. The van der Waals surface area contributed by atoms with Crippen LogP contribution < -0.4 is 10.2 Å². The maximum atomic E-state index is 14.7. The van der Waals surface area contributed by atoms with E-state index < -0.39 is 34.9 Å². The molecule has 1 N–H and O–H groups in total. The van der Waals surface area contributed by atoms with Gasteiger partial charge in [0, 0.05) is 45.3 Å². The zero-order valence-electron chi connectivity index (χ0n) is 14.3. The topological polar surface area (TPSA) is 77.1 Å². The number of rotatable bonds is 3. The predicted molar refractivity (Wildman–Crippen MR) is 87.4 cm³/mol. The van der Waals surface area contributed by atoms with Gasteiger partial charge in [0.25, 0.3) is 5.79 Å². The molecule has 0 saturated carbocycles. The van der Waals surface area contributed by atoms with E-state index in [0.29, 0.717) is 26.3 Å². The van der Waals surface area contributed by atoms with Gasteiger partial charge in [-0.25, -0.2) is 18.4 Å². The van der Waals surface area contributed by atoms with Crippen LogP contribution in [0.15, 0.2) is 23.9 Å². The fourth-order valence-electron chi connectivity index (χ4n) is 2.64. The second-order valence-electron chi connectivity index (χ2n) is 6.27. The highest BCUT2D eigenvalue weighted by Gasteiger charge is 2.39. The maximum Gasteiger partial charge on any atom is 0.350 e. The molecule has 2 aliphatic heterocycles. The fraction of sp³-hybridized carbons (Fsp3) is 0.412. The first-order chi connectivity index (χ1) is 12.3. The first kappa shape index (κ1) is 18.1. The number of morpholine rings is 1. The van der Waals surface area contributed by atoms with E-state index in [2.05, 4.69) is 5.32 Å². The number of carbonyl (C=O) groups is 2. The summed E-state index contributed by atoms with van der Waals surface area (Å²) in [6.45, 7) is 4.50. The van der Waals surface area contributed by atoms with Gasteiger partial charge in [-0.2, -0.15) is 0 Å². The Balaban J connectivity index is 1.85. The molecule has 0 radical (unpaired) electrons. The van der Waals surface area contributed by atoms with Crippen molar-refractivity contribution in [3.63, 3.8) is 0 Å². The summed E-state index contributed by atoms with van der Waals surface area (Å²) in [5.74, 6) is -4.57. The van der Waals surface area contributed by atoms with Crippen LogP contribution in [0.25, 0.3) is 0 Å². The third-order valence-electron chi connectivity index (χ3n) is 3.86. The van der Waals surface area contributed by atoms with Crippen LogP contribution in [0.3, 0.4) is 0 Å². The van der Waals surface area contributed by atoms with Crippen molar-refractivity contribution in [3.8, 4) is 0 Å². The lowest BCUT2D eigenvalue weighted by Crippen LogP contribution is -2.42. The number of benzene rings is 1. The second kappa shape index (κ2) is 6.91. The summed E-state index contributed by atoms with van der Waals surface area (Å²) in [5.41, 5.74) is -0.588. The number of nitrogens with one attached hydrogen (secondary N) is 1. The van der Waals surface area contributed by atoms with Crippen molar-refractivity contribution in [1.82, 2.24) is 0 Å². The molecule has 1 aromatic carbocycles. The van der Waals surface area contributed by atoms with E-state index in [-0.39, 0.29) is 11.4 Å². The minimum Gasteiger partial charge on any atom is -0.419 e. The molecule has 0 atom stereocenters. The Morgan fingerprint density at radius 3 is 2.35 bits per heavy atom. The zero-order chi connectivity index (χ0) is 18.9. The summed E-state index contributed by atoms with van der Waals surface area (Å²) in [6, 6.07) is 2.02. The molecule has 2 saturated heterocycles. The number of carbonyl (C=O) groups excluding carboxylic acids is 2. The number of cyclic esters (lactones) is 2. The van der Waals surface area contributed by atoms with E-state index in [9.17, 15) is 18.4 Å². The number of hydrogen-bond donors (Lipinski definition) is 1. The molecular weight excluding hydrogens is 350 g/mol. The summed E-state index contributed by atoms with van der Waals surface area (Å²) >= 11 is 0. The molecule has 2 heterocycles. The predicted octanol–water partition coefficient (Wildman–Crippen LogP) is 1.93. The Kier molecular flexibility index (Phi) is 4.82. The minimum atomic E-state index is -1.38. The van der Waals surface area contributed by atoms with Crippen molar-refractivity contribution in [2.24, 2.45) is 0 Å². The standard InChI is InChI=1S/C17H18F2N2O5/c1-17(2)25-15(22)11(16(23)26-17)9-20-12-7-10(18)8-13(14(12)19)21-3-5-24-6-4-21/h7-9,20H,3-6H2,1-2H3. The van der Waals surface area contributed by atoms with Crippen molar-refractivity contribution in [3.05, 3.63) is 35.5 Å². The van der Waals surface area contributed by atoms with E-state index in [1.54, 1.807) is 4.90 Å². The number of halogens is 2. The smallest absolute Gasteiger partial charge is 0.350 e. The molecule has 140 valence electrons. The van der Waals surface area contributed by atoms with E-state index in [1.807, 2.05) is 0 Å². The lowest BCUT2D eigenvalue weighted by Gasteiger charge is -2.30. The summed E-state index contributed by atoms with van der Waals surface area (Å²) in [5, 5.41) is 2.45. The van der Waals surface area contributed by atoms with E-state index in [1.165, 1.54) is 13.8 Å². The van der Waals surface area contributed by atoms with Crippen LogP contribution in [0.1, 0.15) is 13.8 Å². The van der Waals surface area contributed by atoms with Crippen LogP contribution in [0, 0.1) is 11.6 Å². The summed E-state index contributed by atoms with van der Waals surface area (Å²) in [7, 11) is 0.